The summed E-state index contributed by atoms with van der Waals surface area (Å²) in [7, 11) is 3.59. The van der Waals surface area contributed by atoms with Crippen LogP contribution in [0, 0.1) is 6.92 Å². The molecule has 1 fully saturated rings. The average molecular weight is 557 g/mol. The van der Waals surface area contributed by atoms with Crippen LogP contribution in [0.4, 0.5) is 16.3 Å². The van der Waals surface area contributed by atoms with Crippen molar-refractivity contribution in [2.75, 3.05) is 57.1 Å². The molecule has 2 aliphatic rings. The first-order valence-electron chi connectivity index (χ1n) is 13.9. The monoisotopic (exact) mass is 556 g/mol. The van der Waals surface area contributed by atoms with Crippen molar-refractivity contribution >= 4 is 17.5 Å². The van der Waals surface area contributed by atoms with E-state index in [1.807, 2.05) is 56.6 Å². The summed E-state index contributed by atoms with van der Waals surface area (Å²) < 4.78 is 14.6. The second kappa shape index (κ2) is 11.6. The van der Waals surface area contributed by atoms with Gasteiger partial charge in [-0.1, -0.05) is 24.3 Å². The van der Waals surface area contributed by atoms with Gasteiger partial charge < -0.3 is 20.1 Å². The number of ether oxygens (including phenoxy) is 2. The predicted molar refractivity (Wildman–Crippen MR) is 158 cm³/mol. The lowest BCUT2D eigenvalue weighted by Crippen LogP contribution is -2.42. The lowest BCUT2D eigenvalue weighted by molar-refractivity contribution is 0.159. The van der Waals surface area contributed by atoms with Crippen LogP contribution in [0.1, 0.15) is 17.0 Å². The summed E-state index contributed by atoms with van der Waals surface area (Å²) in [4.78, 5) is 16.0. The van der Waals surface area contributed by atoms with E-state index in [4.69, 9.17) is 14.6 Å². The molecule has 2 atom stereocenters. The molecule has 2 amide bonds. The first kappa shape index (κ1) is 26.9. The zero-order valence-electron chi connectivity index (χ0n) is 23.6. The van der Waals surface area contributed by atoms with E-state index in [-0.39, 0.29) is 18.0 Å². The van der Waals surface area contributed by atoms with Gasteiger partial charge in [0.05, 0.1) is 30.2 Å². The number of amides is 2. The smallest absolute Gasteiger partial charge is 0.320 e. The molecule has 11 heteroatoms. The summed E-state index contributed by atoms with van der Waals surface area (Å²) in [6.07, 6.45) is 3.70. The van der Waals surface area contributed by atoms with Gasteiger partial charge in [-0.25, -0.2) is 9.48 Å². The summed E-state index contributed by atoms with van der Waals surface area (Å²) in [5, 5.41) is 19.0. The molecule has 0 saturated carbocycles. The third-order valence-corrected chi connectivity index (χ3v) is 7.76. The van der Waals surface area contributed by atoms with E-state index in [2.05, 4.69) is 38.1 Å². The number of likely N-dealkylation sites (tertiary alicyclic amines) is 1. The average Bonchev–Trinajstić information content (AvgIpc) is 3.69. The van der Waals surface area contributed by atoms with Gasteiger partial charge in [-0.15, -0.1) is 0 Å². The molecule has 2 aromatic heterocycles. The van der Waals surface area contributed by atoms with Crippen LogP contribution < -0.4 is 20.7 Å². The van der Waals surface area contributed by atoms with E-state index in [1.165, 1.54) is 0 Å². The van der Waals surface area contributed by atoms with E-state index < -0.39 is 0 Å². The molecule has 1 saturated heterocycles. The normalized spacial score (nSPS) is 18.4. The van der Waals surface area contributed by atoms with Gasteiger partial charge in [-0.05, 0) is 36.8 Å². The van der Waals surface area contributed by atoms with Gasteiger partial charge in [0.25, 0.3) is 0 Å². The summed E-state index contributed by atoms with van der Waals surface area (Å²) in [5.41, 5.74) is 5.54. The van der Waals surface area contributed by atoms with Gasteiger partial charge >= 0.3 is 6.03 Å². The number of urea groups is 1. The van der Waals surface area contributed by atoms with E-state index >= 15 is 0 Å². The van der Waals surface area contributed by atoms with Crippen molar-refractivity contribution < 1.29 is 14.3 Å². The Bertz CT molecular complexity index is 1520. The van der Waals surface area contributed by atoms with E-state index in [9.17, 15) is 4.79 Å². The molecule has 41 heavy (non-hydrogen) atoms. The first-order chi connectivity index (χ1) is 20.0. The largest absolute Gasteiger partial charge is 0.490 e. The number of carbonyl (C=O) groups is 1. The van der Waals surface area contributed by atoms with Crippen LogP contribution in [0.2, 0.25) is 0 Å². The summed E-state index contributed by atoms with van der Waals surface area (Å²) in [5.74, 6) is 1.59. The van der Waals surface area contributed by atoms with E-state index in [0.29, 0.717) is 19.0 Å². The fourth-order valence-corrected chi connectivity index (χ4v) is 5.69. The molecule has 0 unspecified atom stereocenters. The maximum Gasteiger partial charge on any atom is 0.320 e. The lowest BCUT2D eigenvalue weighted by atomic mass is 9.93. The van der Waals surface area contributed by atoms with Crippen LogP contribution in [0.3, 0.4) is 0 Å². The predicted octanol–water partition coefficient (Wildman–Crippen LogP) is 3.62. The second-order valence-corrected chi connectivity index (χ2v) is 10.6. The highest BCUT2D eigenvalue weighted by Gasteiger charge is 2.35. The van der Waals surface area contributed by atoms with Crippen LogP contribution >= 0.6 is 0 Å². The summed E-state index contributed by atoms with van der Waals surface area (Å²) in [6, 6.07) is 15.7. The Kier molecular flexibility index (Phi) is 7.62. The number of benzene rings is 2. The molecule has 4 heterocycles. The highest BCUT2D eigenvalue weighted by atomic mass is 16.5. The number of hydrogen-bond donors (Lipinski definition) is 3. The van der Waals surface area contributed by atoms with Crippen molar-refractivity contribution in [2.45, 2.75) is 18.9 Å². The van der Waals surface area contributed by atoms with Crippen LogP contribution in [-0.4, -0.2) is 83.0 Å². The number of anilines is 2. The molecular weight excluding hydrogens is 520 g/mol. The highest BCUT2D eigenvalue weighted by molar-refractivity contribution is 5.91. The quantitative estimate of drug-likeness (QED) is 0.304. The summed E-state index contributed by atoms with van der Waals surface area (Å²) >= 11 is 0. The van der Waals surface area contributed by atoms with Crippen LogP contribution in [0.15, 0.2) is 60.9 Å². The molecule has 6 rings (SSSR count). The topological polar surface area (TPSA) is 111 Å². The minimum Gasteiger partial charge on any atom is -0.490 e. The minimum absolute atomic E-state index is 0.0967. The number of nitrogens with one attached hydrogen (secondary N) is 3. The van der Waals surface area contributed by atoms with Crippen molar-refractivity contribution in [3.63, 3.8) is 0 Å². The zero-order valence-corrected chi connectivity index (χ0v) is 23.6. The highest BCUT2D eigenvalue weighted by Crippen LogP contribution is 2.35. The van der Waals surface area contributed by atoms with Gasteiger partial charge in [0.15, 0.2) is 0 Å². The number of fused-ring (bicyclic) bond motifs is 1. The van der Waals surface area contributed by atoms with Crippen molar-refractivity contribution in [2.24, 2.45) is 7.05 Å². The maximum atomic E-state index is 13.6. The Hall–Kier alpha value is -4.35. The van der Waals surface area contributed by atoms with Gasteiger partial charge in [-0.2, -0.15) is 10.2 Å². The molecule has 214 valence electrons. The maximum absolute atomic E-state index is 13.6. The van der Waals surface area contributed by atoms with Crippen LogP contribution in [0.25, 0.3) is 16.9 Å². The molecule has 0 aliphatic carbocycles. The molecule has 2 aliphatic heterocycles. The fraction of sp³-hybridized carbons (Fsp3) is 0.367. The van der Waals surface area contributed by atoms with E-state index in [0.717, 1.165) is 65.7 Å². The van der Waals surface area contributed by atoms with Crippen molar-refractivity contribution in [1.29, 1.82) is 0 Å². The first-order valence-corrected chi connectivity index (χ1v) is 13.9. The Balaban J connectivity index is 1.27. The number of rotatable bonds is 8. The molecule has 11 nitrogen and oxygen atoms in total. The Morgan fingerprint density at radius 2 is 2.05 bits per heavy atom. The minimum atomic E-state index is -0.272. The number of hydrogen-bond acceptors (Lipinski definition) is 7. The Morgan fingerprint density at radius 1 is 1.20 bits per heavy atom. The summed E-state index contributed by atoms with van der Waals surface area (Å²) in [6.45, 7) is 6.39. The molecule has 2 aromatic carbocycles. The zero-order chi connectivity index (χ0) is 28.3. The number of carbonyl (C=O) groups excluding carboxylic acids is 1. The van der Waals surface area contributed by atoms with Gasteiger partial charge in [0.1, 0.15) is 23.9 Å². The number of methoxy groups -OCH3 is 1. The van der Waals surface area contributed by atoms with Crippen molar-refractivity contribution in [3.8, 4) is 22.7 Å². The fourth-order valence-electron chi connectivity index (χ4n) is 5.69. The molecule has 4 aromatic rings. The molecular formula is C30H36N8O3. The SMILES string of the molecule is COCCN1C[C@@H](NC(=O)Nc2c(C)c(-c3cnn(C)c3)nn2-c2ccccc2)[C@H](c2ccc3c(c2)NCCO3)C1. The lowest BCUT2D eigenvalue weighted by Gasteiger charge is -2.24. The Morgan fingerprint density at radius 3 is 2.83 bits per heavy atom. The molecule has 0 spiro atoms. The second-order valence-electron chi connectivity index (χ2n) is 10.6. The number of para-hydroxylation sites is 1. The number of aromatic nitrogens is 4. The van der Waals surface area contributed by atoms with Gasteiger partial charge in [-0.3, -0.25) is 14.9 Å². The number of aryl methyl sites for hydroxylation is 1. The molecule has 0 bridgehead atoms. The molecule has 3 N–H and O–H groups in total. The van der Waals surface area contributed by atoms with Gasteiger partial charge in [0.2, 0.25) is 0 Å². The standard InChI is InChI=1S/C30H36N8O3/c1-20-28(22-16-32-36(2)17-22)35-38(23-7-5-4-6-8-23)29(20)34-30(39)33-26-19-37(12-14-40-3)18-24(26)21-9-10-27-25(15-21)31-11-13-41-27/h4-10,15-17,24,26,31H,11-14,18-19H2,1-3H3,(H2,33,34,39)/t24-,26+/m0/s1. The van der Waals surface area contributed by atoms with E-state index in [1.54, 1.807) is 22.7 Å². The van der Waals surface area contributed by atoms with Crippen molar-refractivity contribution in [1.82, 2.24) is 29.8 Å². The molecule has 0 radical (unpaired) electrons. The van der Waals surface area contributed by atoms with Crippen LogP contribution in [-0.2, 0) is 11.8 Å². The van der Waals surface area contributed by atoms with Gasteiger partial charge in [0, 0.05) is 63.6 Å². The van der Waals surface area contributed by atoms with Crippen molar-refractivity contribution in [3.05, 3.63) is 72.1 Å². The number of nitrogens with zero attached hydrogens (tertiary/aromatic N) is 5. The Labute approximate surface area is 239 Å². The van der Waals surface area contributed by atoms with Crippen LogP contribution in [0.5, 0.6) is 5.75 Å². The third kappa shape index (κ3) is 5.63. The third-order valence-electron chi connectivity index (χ3n) is 7.76.